The second-order valence-corrected chi connectivity index (χ2v) is 8.16. The van der Waals surface area contributed by atoms with Gasteiger partial charge in [-0.1, -0.05) is 4.48 Å². The molecule has 1 aromatic carbocycles. The number of nitrogens with two attached hydrogens (primary N) is 1. The first-order chi connectivity index (χ1) is 16.1. The minimum Gasteiger partial charge on any atom is -0.394 e. The van der Waals surface area contributed by atoms with Gasteiger partial charge in [0.15, 0.2) is 5.75 Å². The van der Waals surface area contributed by atoms with Crippen LogP contribution >= 0.6 is 0 Å². The van der Waals surface area contributed by atoms with Crippen LogP contribution in [0.25, 0.3) is 0 Å². The molecule has 10 nitrogen and oxygen atoms in total. The number of nitrogen functional groups attached to an aromatic ring is 1. The first-order valence-corrected chi connectivity index (χ1v) is 11.0. The highest BCUT2D eigenvalue weighted by Gasteiger charge is 2.25. The van der Waals surface area contributed by atoms with Crippen molar-refractivity contribution in [2.24, 2.45) is 0 Å². The number of benzene rings is 1. The number of nitrogens with zero attached hydrogens (tertiary/aromatic N) is 3. The van der Waals surface area contributed by atoms with Gasteiger partial charge in [0.2, 0.25) is 0 Å². The first kappa shape index (κ1) is 23.0. The number of pyridine rings is 1. The van der Waals surface area contributed by atoms with Gasteiger partial charge in [0, 0.05) is 43.5 Å². The number of aromatic nitrogens is 1. The summed E-state index contributed by atoms with van der Waals surface area (Å²) in [5, 5.41) is 12.9. The van der Waals surface area contributed by atoms with Gasteiger partial charge in [-0.2, -0.15) is 0 Å². The third-order valence-corrected chi connectivity index (χ3v) is 6.01. The molecule has 2 aliphatic rings. The SMILES string of the molecule is Nc1ncc(N2CCO[C@@H](CO)C2)cc1NC1CCN(C(=O)c2ccc(ONF)cc2)CC1. The van der Waals surface area contributed by atoms with E-state index in [1.165, 1.54) is 12.1 Å². The molecule has 2 aliphatic heterocycles. The van der Waals surface area contributed by atoms with Crippen molar-refractivity contribution < 1.29 is 24.0 Å². The topological polar surface area (TPSA) is 125 Å². The van der Waals surface area contributed by atoms with Gasteiger partial charge in [0.05, 0.1) is 36.9 Å². The molecular weight excluding hydrogens is 431 g/mol. The van der Waals surface area contributed by atoms with Crippen LogP contribution < -0.4 is 26.5 Å². The molecule has 1 aromatic heterocycles. The van der Waals surface area contributed by atoms with Crippen LogP contribution in [-0.4, -0.2) is 72.4 Å². The predicted molar refractivity (Wildman–Crippen MR) is 122 cm³/mol. The number of aliphatic hydroxyl groups is 1. The van der Waals surface area contributed by atoms with Crippen LogP contribution in [0.4, 0.5) is 21.7 Å². The number of carbonyl (C=O) groups is 1. The highest BCUT2D eigenvalue weighted by Crippen LogP contribution is 2.27. The van der Waals surface area contributed by atoms with Crippen molar-refractivity contribution in [1.29, 1.82) is 0 Å². The zero-order chi connectivity index (χ0) is 23.2. The summed E-state index contributed by atoms with van der Waals surface area (Å²) in [7, 11) is 0. The van der Waals surface area contributed by atoms with Crippen LogP contribution in [0.1, 0.15) is 23.2 Å². The Hall–Kier alpha value is -3.15. The molecule has 11 heteroatoms. The average molecular weight is 461 g/mol. The fourth-order valence-electron chi connectivity index (χ4n) is 4.16. The van der Waals surface area contributed by atoms with Crippen molar-refractivity contribution in [2.75, 3.05) is 55.3 Å². The molecule has 1 atom stereocenters. The van der Waals surface area contributed by atoms with E-state index < -0.39 is 0 Å². The maximum Gasteiger partial charge on any atom is 0.253 e. The lowest BCUT2D eigenvalue weighted by molar-refractivity contribution is 0.00355. The van der Waals surface area contributed by atoms with E-state index in [1.807, 2.05) is 11.0 Å². The number of carbonyl (C=O) groups excluding carboxylic acids is 1. The van der Waals surface area contributed by atoms with E-state index in [-0.39, 0.29) is 30.4 Å². The minimum atomic E-state index is -0.210. The third-order valence-electron chi connectivity index (χ3n) is 6.01. The Morgan fingerprint density at radius 2 is 2.03 bits per heavy atom. The van der Waals surface area contributed by atoms with Crippen molar-refractivity contribution in [3.8, 4) is 5.75 Å². The number of piperidine rings is 1. The summed E-state index contributed by atoms with van der Waals surface area (Å²) in [6, 6.07) is 8.45. The lowest BCUT2D eigenvalue weighted by Gasteiger charge is -2.35. The van der Waals surface area contributed by atoms with Crippen LogP contribution in [0.5, 0.6) is 5.75 Å². The number of amides is 1. The van der Waals surface area contributed by atoms with Crippen molar-refractivity contribution in [2.45, 2.75) is 25.0 Å². The molecule has 4 rings (SSSR count). The van der Waals surface area contributed by atoms with Crippen LogP contribution in [0, 0.1) is 0 Å². The monoisotopic (exact) mass is 460 g/mol. The summed E-state index contributed by atoms with van der Waals surface area (Å²) in [6.45, 7) is 3.06. The van der Waals surface area contributed by atoms with Gasteiger partial charge in [0.1, 0.15) is 5.82 Å². The molecule has 2 aromatic rings. The normalized spacial score (nSPS) is 19.4. The van der Waals surface area contributed by atoms with E-state index >= 15 is 0 Å². The molecule has 0 unspecified atom stereocenters. The number of ether oxygens (including phenoxy) is 1. The van der Waals surface area contributed by atoms with Crippen molar-refractivity contribution in [3.05, 3.63) is 42.1 Å². The number of morpholine rings is 1. The van der Waals surface area contributed by atoms with Gasteiger partial charge in [-0.25, -0.2) is 4.98 Å². The molecule has 0 radical (unpaired) electrons. The van der Waals surface area contributed by atoms with Gasteiger partial charge >= 0.3 is 0 Å². The Morgan fingerprint density at radius 1 is 1.27 bits per heavy atom. The summed E-state index contributed by atoms with van der Waals surface area (Å²) in [6.07, 6.45) is 3.07. The smallest absolute Gasteiger partial charge is 0.253 e. The summed E-state index contributed by atoms with van der Waals surface area (Å²) < 4.78 is 17.5. The van der Waals surface area contributed by atoms with Crippen molar-refractivity contribution in [1.82, 2.24) is 15.6 Å². The number of rotatable bonds is 7. The predicted octanol–water partition coefficient (Wildman–Crippen LogP) is 1.35. The van der Waals surface area contributed by atoms with E-state index in [2.05, 4.69) is 20.0 Å². The van der Waals surface area contributed by atoms with Crippen LogP contribution in [0.2, 0.25) is 0 Å². The second-order valence-electron chi connectivity index (χ2n) is 8.16. The maximum absolute atomic E-state index is 12.8. The number of halogens is 1. The molecule has 0 aliphatic carbocycles. The van der Waals surface area contributed by atoms with Gasteiger partial charge < -0.3 is 35.5 Å². The molecule has 2 fully saturated rings. The highest BCUT2D eigenvalue weighted by molar-refractivity contribution is 5.94. The molecule has 0 saturated carbocycles. The van der Waals surface area contributed by atoms with Crippen LogP contribution in [0.15, 0.2) is 36.5 Å². The summed E-state index contributed by atoms with van der Waals surface area (Å²) in [5.74, 6) is 0.644. The van der Waals surface area contributed by atoms with Gasteiger partial charge in [-0.15, -0.1) is 0 Å². The largest absolute Gasteiger partial charge is 0.394 e. The summed E-state index contributed by atoms with van der Waals surface area (Å²) in [5.41, 5.74) is 9.45. The number of aliphatic hydroxyl groups excluding tert-OH is 1. The molecule has 1 amide bonds. The van der Waals surface area contributed by atoms with Crippen molar-refractivity contribution >= 4 is 23.1 Å². The number of hydrogen-bond donors (Lipinski definition) is 4. The molecule has 178 valence electrons. The third kappa shape index (κ3) is 5.62. The Bertz CT molecular complexity index is 939. The van der Waals surface area contributed by atoms with Gasteiger partial charge in [0.25, 0.3) is 5.91 Å². The zero-order valence-corrected chi connectivity index (χ0v) is 18.2. The number of anilines is 3. The second kappa shape index (κ2) is 10.6. The fourth-order valence-corrected chi connectivity index (χ4v) is 4.16. The summed E-state index contributed by atoms with van der Waals surface area (Å²) >= 11 is 0. The number of hydrogen-bond acceptors (Lipinski definition) is 9. The van der Waals surface area contributed by atoms with Crippen LogP contribution in [0.3, 0.4) is 0 Å². The van der Waals surface area contributed by atoms with E-state index in [4.69, 9.17) is 10.5 Å². The fraction of sp³-hybridized carbons (Fsp3) is 0.455. The Balaban J connectivity index is 1.33. The van der Waals surface area contributed by atoms with Crippen LogP contribution in [-0.2, 0) is 4.74 Å². The number of nitrogens with one attached hydrogen (secondary N) is 2. The Kier molecular flexibility index (Phi) is 7.43. The van der Waals surface area contributed by atoms with E-state index in [0.29, 0.717) is 37.6 Å². The molecule has 5 N–H and O–H groups in total. The standard InChI is InChI=1S/C22H29FN6O4/c23-27-33-18-3-1-15(2-4-18)22(31)28-7-5-16(6-8-28)26-20-11-17(12-25-21(20)24)29-9-10-32-19(13-29)14-30/h1-4,11-12,16,19,26-27,30H,5-10,13-14H2,(H2,24,25)/t19-/m1/s1. The molecule has 33 heavy (non-hydrogen) atoms. The lowest BCUT2D eigenvalue weighted by atomic mass is 10.0. The average Bonchev–Trinajstić information content (AvgIpc) is 2.86. The lowest BCUT2D eigenvalue weighted by Crippen LogP contribution is -2.44. The molecular formula is C22H29FN6O4. The Labute approximate surface area is 191 Å². The zero-order valence-electron chi connectivity index (χ0n) is 18.2. The Morgan fingerprint density at radius 3 is 2.73 bits per heavy atom. The van der Waals surface area contributed by atoms with Crippen molar-refractivity contribution in [3.63, 3.8) is 0 Å². The van der Waals surface area contributed by atoms with E-state index in [9.17, 15) is 14.4 Å². The molecule has 2 saturated heterocycles. The first-order valence-electron chi connectivity index (χ1n) is 11.0. The molecule has 0 bridgehead atoms. The quantitative estimate of drug-likeness (QED) is 0.358. The number of likely N-dealkylation sites (tertiary alicyclic amines) is 1. The maximum atomic E-state index is 12.8. The van der Waals surface area contributed by atoms with E-state index in [0.717, 1.165) is 36.5 Å². The summed E-state index contributed by atoms with van der Waals surface area (Å²) in [4.78, 5) is 25.6. The highest BCUT2D eigenvalue weighted by atomic mass is 19.2. The van der Waals surface area contributed by atoms with E-state index in [1.54, 1.807) is 18.3 Å². The van der Waals surface area contributed by atoms with Gasteiger partial charge in [-0.05, 0) is 43.2 Å². The van der Waals surface area contributed by atoms with Gasteiger partial charge in [-0.3, -0.25) is 4.79 Å². The molecule has 0 spiro atoms. The minimum absolute atomic E-state index is 0.0198. The molecule has 3 heterocycles.